The molecule has 122 valence electrons. The zero-order valence-corrected chi connectivity index (χ0v) is 14.3. The van der Waals surface area contributed by atoms with Gasteiger partial charge in [0.15, 0.2) is 17.5 Å². The van der Waals surface area contributed by atoms with E-state index in [9.17, 15) is 0 Å². The molecule has 2 N–H and O–H groups in total. The van der Waals surface area contributed by atoms with Crippen molar-refractivity contribution in [2.45, 2.75) is 25.5 Å². The number of hydrogen-bond acceptors (Lipinski definition) is 4. The van der Waals surface area contributed by atoms with E-state index in [1.165, 1.54) is 0 Å². The number of ether oxygens (including phenoxy) is 2. The minimum absolute atomic E-state index is 0.499. The van der Waals surface area contributed by atoms with Crippen LogP contribution >= 0.6 is 11.8 Å². The summed E-state index contributed by atoms with van der Waals surface area (Å²) in [5, 5.41) is 7.08. The quantitative estimate of drug-likeness (QED) is 0.644. The second kappa shape index (κ2) is 8.78. The number of aliphatic imine (C=N–C) groups is 1. The van der Waals surface area contributed by atoms with Crippen molar-refractivity contribution < 1.29 is 9.47 Å². The number of guanidine groups is 1. The van der Waals surface area contributed by atoms with Crippen molar-refractivity contribution in [1.82, 2.24) is 5.32 Å². The molecule has 1 aliphatic heterocycles. The Morgan fingerprint density at radius 3 is 2.82 bits per heavy atom. The summed E-state index contributed by atoms with van der Waals surface area (Å²) < 4.78 is 11.4. The fourth-order valence-electron chi connectivity index (χ4n) is 1.98. The molecule has 22 heavy (non-hydrogen) atoms. The van der Waals surface area contributed by atoms with Crippen LogP contribution in [0.3, 0.4) is 0 Å². The lowest BCUT2D eigenvalue weighted by Crippen LogP contribution is -2.31. The van der Waals surface area contributed by atoms with E-state index < -0.39 is 0 Å². The molecule has 2 rings (SSSR count). The summed E-state index contributed by atoms with van der Waals surface area (Å²) >= 11 is 1.81. The Labute approximate surface area is 136 Å². The normalized spacial score (nSPS) is 15.9. The van der Waals surface area contributed by atoms with Gasteiger partial charge in [-0.3, -0.25) is 4.99 Å². The lowest BCUT2D eigenvalue weighted by molar-refractivity contribution is 0.297. The number of anilines is 1. The van der Waals surface area contributed by atoms with Crippen molar-refractivity contribution in [3.8, 4) is 11.5 Å². The maximum absolute atomic E-state index is 5.72. The molecule has 0 saturated heterocycles. The molecule has 0 aliphatic carbocycles. The second-order valence-electron chi connectivity index (χ2n) is 5.10. The Hall–Kier alpha value is -1.56. The zero-order valence-electron chi connectivity index (χ0n) is 13.5. The average molecular weight is 323 g/mol. The van der Waals surface area contributed by atoms with Gasteiger partial charge in [0.1, 0.15) is 0 Å². The molecule has 0 saturated carbocycles. The third kappa shape index (κ3) is 5.02. The maximum Gasteiger partial charge on any atom is 0.195 e. The van der Waals surface area contributed by atoms with Gasteiger partial charge in [0.25, 0.3) is 0 Å². The van der Waals surface area contributed by atoms with Crippen LogP contribution in [0.2, 0.25) is 0 Å². The number of rotatable bonds is 5. The molecule has 5 nitrogen and oxygen atoms in total. The van der Waals surface area contributed by atoms with Gasteiger partial charge in [-0.1, -0.05) is 6.92 Å². The third-order valence-corrected chi connectivity index (χ3v) is 4.22. The summed E-state index contributed by atoms with van der Waals surface area (Å²) in [5.74, 6) is 2.38. The Morgan fingerprint density at radius 1 is 1.32 bits per heavy atom. The number of fused-ring (bicyclic) bond motifs is 1. The van der Waals surface area contributed by atoms with Gasteiger partial charge < -0.3 is 20.1 Å². The van der Waals surface area contributed by atoms with Crippen LogP contribution in [0.5, 0.6) is 11.5 Å². The first-order valence-electron chi connectivity index (χ1n) is 7.70. The molecule has 1 aromatic carbocycles. The molecule has 1 heterocycles. The monoisotopic (exact) mass is 323 g/mol. The minimum atomic E-state index is 0.499. The summed E-state index contributed by atoms with van der Waals surface area (Å²) in [4.78, 5) is 4.61. The van der Waals surface area contributed by atoms with Gasteiger partial charge in [-0.05, 0) is 25.3 Å². The lowest BCUT2D eigenvalue weighted by atomic mass is 10.3. The topological polar surface area (TPSA) is 54.9 Å². The number of benzene rings is 1. The van der Waals surface area contributed by atoms with Gasteiger partial charge in [0, 0.05) is 30.0 Å². The summed E-state index contributed by atoms with van der Waals surface area (Å²) in [6.07, 6.45) is 3.01. The summed E-state index contributed by atoms with van der Waals surface area (Å²) in [6, 6.07) is 5.89. The highest BCUT2D eigenvalue weighted by atomic mass is 32.2. The predicted octanol–water partition coefficient (Wildman–Crippen LogP) is 2.98. The highest BCUT2D eigenvalue weighted by molar-refractivity contribution is 7.99. The molecule has 1 unspecified atom stereocenters. The third-order valence-electron chi connectivity index (χ3n) is 3.26. The molecule has 0 fully saturated rings. The van der Waals surface area contributed by atoms with Crippen LogP contribution < -0.4 is 20.1 Å². The summed E-state index contributed by atoms with van der Waals surface area (Å²) in [5.41, 5.74) is 0.945. The molecular weight excluding hydrogens is 298 g/mol. The molecule has 0 amide bonds. The fraction of sp³-hybridized carbons (Fsp3) is 0.562. The first-order valence-corrected chi connectivity index (χ1v) is 8.99. The number of hydrogen-bond donors (Lipinski definition) is 2. The fourth-order valence-corrected chi connectivity index (χ4v) is 2.20. The molecule has 1 atom stereocenters. The van der Waals surface area contributed by atoms with E-state index >= 15 is 0 Å². The van der Waals surface area contributed by atoms with E-state index in [1.54, 1.807) is 0 Å². The molecule has 6 heteroatoms. The number of nitrogens with one attached hydrogen (secondary N) is 2. The van der Waals surface area contributed by atoms with Crippen LogP contribution in [0.4, 0.5) is 5.69 Å². The standard InChI is InChI=1S/C16H25N3O2S/c1-4-17-16(18-11-12(2)22-3)19-13-6-7-14-15(10-13)21-9-5-8-20-14/h6-7,10,12H,4-5,8-9,11H2,1-3H3,(H2,17,18,19). The summed E-state index contributed by atoms with van der Waals surface area (Å²) in [7, 11) is 0. The Kier molecular flexibility index (Phi) is 6.71. The molecule has 0 aromatic heterocycles. The van der Waals surface area contributed by atoms with Crippen LogP contribution in [0.15, 0.2) is 23.2 Å². The van der Waals surface area contributed by atoms with Crippen molar-refractivity contribution in [1.29, 1.82) is 0 Å². The molecular formula is C16H25N3O2S. The minimum Gasteiger partial charge on any atom is -0.490 e. The van der Waals surface area contributed by atoms with Gasteiger partial charge in [0.05, 0.1) is 19.8 Å². The maximum atomic E-state index is 5.72. The first kappa shape index (κ1) is 16.8. The van der Waals surface area contributed by atoms with Crippen LogP contribution in [-0.4, -0.2) is 43.8 Å². The van der Waals surface area contributed by atoms with Crippen LogP contribution in [-0.2, 0) is 0 Å². The molecule has 0 bridgehead atoms. The van der Waals surface area contributed by atoms with E-state index in [4.69, 9.17) is 9.47 Å². The molecule has 0 radical (unpaired) electrons. The summed E-state index contributed by atoms with van der Waals surface area (Å²) in [6.45, 7) is 7.23. The van der Waals surface area contributed by atoms with E-state index in [1.807, 2.05) is 30.0 Å². The smallest absolute Gasteiger partial charge is 0.195 e. The van der Waals surface area contributed by atoms with Crippen LogP contribution in [0.25, 0.3) is 0 Å². The van der Waals surface area contributed by atoms with Gasteiger partial charge >= 0.3 is 0 Å². The Bertz CT molecular complexity index is 508. The zero-order chi connectivity index (χ0) is 15.8. The van der Waals surface area contributed by atoms with E-state index in [2.05, 4.69) is 35.7 Å². The van der Waals surface area contributed by atoms with Gasteiger partial charge in [-0.2, -0.15) is 11.8 Å². The van der Waals surface area contributed by atoms with Crippen molar-refractivity contribution in [2.75, 3.05) is 37.9 Å². The van der Waals surface area contributed by atoms with Crippen LogP contribution in [0.1, 0.15) is 20.3 Å². The second-order valence-corrected chi connectivity index (χ2v) is 6.38. The molecule has 0 spiro atoms. The van der Waals surface area contributed by atoms with Gasteiger partial charge in [0.2, 0.25) is 0 Å². The SMILES string of the molecule is CCNC(=NCC(C)SC)Nc1ccc2c(c1)OCCCO2. The first-order chi connectivity index (χ1) is 10.7. The number of thioether (sulfide) groups is 1. The van der Waals surface area contributed by atoms with E-state index in [0.29, 0.717) is 18.5 Å². The molecule has 1 aliphatic rings. The Morgan fingerprint density at radius 2 is 2.09 bits per heavy atom. The van der Waals surface area contributed by atoms with Crippen molar-refractivity contribution in [3.63, 3.8) is 0 Å². The molecule has 1 aromatic rings. The highest BCUT2D eigenvalue weighted by Gasteiger charge is 2.11. The number of nitrogens with zero attached hydrogens (tertiary/aromatic N) is 1. The van der Waals surface area contributed by atoms with Crippen LogP contribution in [0, 0.1) is 0 Å². The predicted molar refractivity (Wildman–Crippen MR) is 94.6 cm³/mol. The van der Waals surface area contributed by atoms with Crippen molar-refractivity contribution in [2.24, 2.45) is 4.99 Å². The Balaban J connectivity index is 2.07. The average Bonchev–Trinajstić information content (AvgIpc) is 2.77. The highest BCUT2D eigenvalue weighted by Crippen LogP contribution is 2.32. The van der Waals surface area contributed by atoms with Gasteiger partial charge in [-0.25, -0.2) is 0 Å². The van der Waals surface area contributed by atoms with E-state index in [-0.39, 0.29) is 0 Å². The van der Waals surface area contributed by atoms with Crippen molar-refractivity contribution in [3.05, 3.63) is 18.2 Å². The largest absolute Gasteiger partial charge is 0.490 e. The van der Waals surface area contributed by atoms with E-state index in [0.717, 1.165) is 42.7 Å². The van der Waals surface area contributed by atoms with Crippen molar-refractivity contribution >= 4 is 23.4 Å². The van der Waals surface area contributed by atoms with Gasteiger partial charge in [-0.15, -0.1) is 0 Å². The lowest BCUT2D eigenvalue weighted by Gasteiger charge is -2.14.